The maximum Gasteiger partial charge on any atom is 0.243 e. The van der Waals surface area contributed by atoms with Gasteiger partial charge in [0.05, 0.1) is 4.90 Å². The molecule has 0 atom stereocenters. The molecule has 0 radical (unpaired) electrons. The van der Waals surface area contributed by atoms with E-state index in [9.17, 15) is 13.2 Å². The zero-order valence-electron chi connectivity index (χ0n) is 12.9. The lowest BCUT2D eigenvalue weighted by Gasteiger charge is -2.27. The molecule has 0 fully saturated rings. The van der Waals surface area contributed by atoms with Crippen LogP contribution >= 0.6 is 0 Å². The number of fused-ring (bicyclic) bond motifs is 2. The van der Waals surface area contributed by atoms with Gasteiger partial charge in [0.25, 0.3) is 0 Å². The third-order valence-corrected chi connectivity index (χ3v) is 6.28. The van der Waals surface area contributed by atoms with E-state index in [0.717, 1.165) is 11.2 Å². The average molecular weight is 340 g/mol. The summed E-state index contributed by atoms with van der Waals surface area (Å²) >= 11 is 0. The van der Waals surface area contributed by atoms with Crippen LogP contribution < -0.4 is 5.43 Å². The van der Waals surface area contributed by atoms with Crippen LogP contribution in [0.15, 0.2) is 64.3 Å². The van der Waals surface area contributed by atoms with Crippen LogP contribution in [0.1, 0.15) is 11.3 Å². The zero-order chi connectivity index (χ0) is 16.7. The van der Waals surface area contributed by atoms with Gasteiger partial charge >= 0.3 is 0 Å². The molecular formula is C18H16N2O3S. The van der Waals surface area contributed by atoms with Crippen LogP contribution in [0.3, 0.4) is 0 Å². The van der Waals surface area contributed by atoms with Crippen molar-refractivity contribution in [3.63, 3.8) is 0 Å². The normalized spacial score (nSPS) is 15.3. The molecule has 0 spiro atoms. The Morgan fingerprint density at radius 3 is 2.46 bits per heavy atom. The van der Waals surface area contributed by atoms with Gasteiger partial charge in [-0.05, 0) is 24.3 Å². The molecule has 6 heteroatoms. The maximum absolute atomic E-state index is 12.8. The number of hydrogen-bond acceptors (Lipinski definition) is 3. The van der Waals surface area contributed by atoms with Crippen LogP contribution in [-0.2, 0) is 23.0 Å². The Balaban J connectivity index is 1.79. The van der Waals surface area contributed by atoms with Crippen LogP contribution in [0.25, 0.3) is 10.9 Å². The number of pyridine rings is 1. The molecule has 122 valence electrons. The van der Waals surface area contributed by atoms with Crippen LogP contribution in [0, 0.1) is 0 Å². The van der Waals surface area contributed by atoms with Crippen LogP contribution in [0.4, 0.5) is 0 Å². The third-order valence-electron chi connectivity index (χ3n) is 4.42. The van der Waals surface area contributed by atoms with Gasteiger partial charge in [-0.15, -0.1) is 0 Å². The molecule has 0 unspecified atom stereocenters. The molecule has 1 aliphatic heterocycles. The molecule has 4 rings (SSSR count). The Morgan fingerprint density at radius 2 is 1.67 bits per heavy atom. The summed E-state index contributed by atoms with van der Waals surface area (Å²) in [6.45, 7) is 0.464. The quantitative estimate of drug-likeness (QED) is 0.778. The fraction of sp³-hybridized carbons (Fsp3) is 0.167. The number of para-hydroxylation sites is 1. The lowest BCUT2D eigenvalue weighted by molar-refractivity contribution is 0.387. The van der Waals surface area contributed by atoms with Gasteiger partial charge in [0.15, 0.2) is 5.43 Å². The van der Waals surface area contributed by atoms with Crippen molar-refractivity contribution in [1.29, 1.82) is 0 Å². The SMILES string of the molecule is O=c1c2c([nH]c3ccccc13)CCN(S(=O)(=O)c1ccccc1)C2. The van der Waals surface area contributed by atoms with Crippen molar-refractivity contribution >= 4 is 20.9 Å². The molecule has 1 aliphatic rings. The van der Waals surface area contributed by atoms with Crippen molar-refractivity contribution in [3.05, 3.63) is 76.1 Å². The molecule has 0 bridgehead atoms. The largest absolute Gasteiger partial charge is 0.358 e. The number of aromatic amines is 1. The topological polar surface area (TPSA) is 70.2 Å². The van der Waals surface area contributed by atoms with Gasteiger partial charge in [-0.1, -0.05) is 30.3 Å². The van der Waals surface area contributed by atoms with Gasteiger partial charge in [0, 0.05) is 41.7 Å². The number of nitrogens with zero attached hydrogens (tertiary/aromatic N) is 1. The van der Waals surface area contributed by atoms with E-state index in [1.165, 1.54) is 4.31 Å². The summed E-state index contributed by atoms with van der Waals surface area (Å²) in [6.07, 6.45) is 0.501. The first-order valence-corrected chi connectivity index (χ1v) is 9.19. The van der Waals surface area contributed by atoms with E-state index in [0.29, 0.717) is 23.9 Å². The van der Waals surface area contributed by atoms with Gasteiger partial charge in [0.1, 0.15) is 0 Å². The van der Waals surface area contributed by atoms with Crippen molar-refractivity contribution in [2.45, 2.75) is 17.9 Å². The molecule has 2 heterocycles. The second-order valence-electron chi connectivity index (χ2n) is 5.86. The van der Waals surface area contributed by atoms with E-state index in [-0.39, 0.29) is 16.9 Å². The van der Waals surface area contributed by atoms with Crippen molar-refractivity contribution in [2.75, 3.05) is 6.54 Å². The minimum absolute atomic E-state index is 0.0905. The Labute approximate surface area is 139 Å². The summed E-state index contributed by atoms with van der Waals surface area (Å²) < 4.78 is 27.0. The molecular weight excluding hydrogens is 324 g/mol. The summed E-state index contributed by atoms with van der Waals surface area (Å²) in [6, 6.07) is 15.6. The minimum atomic E-state index is -3.59. The molecule has 5 nitrogen and oxygen atoms in total. The molecule has 24 heavy (non-hydrogen) atoms. The van der Waals surface area contributed by atoms with Gasteiger partial charge in [-0.2, -0.15) is 4.31 Å². The molecule has 3 aromatic rings. The monoisotopic (exact) mass is 340 g/mol. The van der Waals surface area contributed by atoms with E-state index in [1.54, 1.807) is 36.4 Å². The van der Waals surface area contributed by atoms with E-state index >= 15 is 0 Å². The summed E-state index contributed by atoms with van der Waals surface area (Å²) in [7, 11) is -3.59. The highest BCUT2D eigenvalue weighted by Gasteiger charge is 2.30. The van der Waals surface area contributed by atoms with Crippen LogP contribution in [0.5, 0.6) is 0 Å². The molecule has 0 saturated carbocycles. The number of hydrogen-bond donors (Lipinski definition) is 1. The number of rotatable bonds is 2. The summed E-state index contributed by atoms with van der Waals surface area (Å²) in [5, 5.41) is 0.593. The average Bonchev–Trinajstić information content (AvgIpc) is 2.62. The third kappa shape index (κ3) is 2.35. The summed E-state index contributed by atoms with van der Waals surface area (Å²) in [4.78, 5) is 16.3. The lowest BCUT2D eigenvalue weighted by atomic mass is 10.0. The Morgan fingerprint density at radius 1 is 0.958 bits per heavy atom. The van der Waals surface area contributed by atoms with Crippen molar-refractivity contribution in [3.8, 4) is 0 Å². The Bertz CT molecular complexity index is 1070. The van der Waals surface area contributed by atoms with Gasteiger partial charge in [0.2, 0.25) is 10.0 Å². The maximum atomic E-state index is 12.8. The smallest absolute Gasteiger partial charge is 0.243 e. The second-order valence-corrected chi connectivity index (χ2v) is 7.80. The van der Waals surface area contributed by atoms with Crippen molar-refractivity contribution in [2.24, 2.45) is 0 Å². The number of H-pyrrole nitrogens is 1. The summed E-state index contributed by atoms with van der Waals surface area (Å²) in [5.74, 6) is 0. The predicted molar refractivity (Wildman–Crippen MR) is 92.3 cm³/mol. The van der Waals surface area contributed by atoms with Crippen molar-refractivity contribution < 1.29 is 8.42 Å². The lowest BCUT2D eigenvalue weighted by Crippen LogP contribution is -2.38. The highest BCUT2D eigenvalue weighted by atomic mass is 32.2. The molecule has 1 N–H and O–H groups in total. The van der Waals surface area contributed by atoms with E-state index < -0.39 is 10.0 Å². The van der Waals surface area contributed by atoms with Gasteiger partial charge in [-0.3, -0.25) is 4.79 Å². The highest BCUT2D eigenvalue weighted by Crippen LogP contribution is 2.23. The van der Waals surface area contributed by atoms with Crippen molar-refractivity contribution in [1.82, 2.24) is 9.29 Å². The minimum Gasteiger partial charge on any atom is -0.358 e. The zero-order valence-corrected chi connectivity index (χ0v) is 13.7. The first kappa shape index (κ1) is 15.1. The number of nitrogens with one attached hydrogen (secondary N) is 1. The first-order chi connectivity index (χ1) is 11.6. The number of aromatic nitrogens is 1. The fourth-order valence-corrected chi connectivity index (χ4v) is 4.58. The first-order valence-electron chi connectivity index (χ1n) is 7.75. The molecule has 2 aromatic carbocycles. The Kier molecular flexibility index (Phi) is 3.51. The molecule has 0 aliphatic carbocycles. The van der Waals surface area contributed by atoms with Gasteiger partial charge in [-0.25, -0.2) is 8.42 Å². The molecule has 0 saturated heterocycles. The molecule has 0 amide bonds. The molecule has 1 aromatic heterocycles. The number of benzene rings is 2. The number of sulfonamides is 1. The Hall–Kier alpha value is -2.44. The fourth-order valence-electron chi connectivity index (χ4n) is 3.15. The highest BCUT2D eigenvalue weighted by molar-refractivity contribution is 7.89. The standard InChI is InChI=1S/C18H16N2O3S/c21-18-14-8-4-5-9-16(14)19-17-10-11-20(12-15(17)18)24(22,23)13-6-2-1-3-7-13/h1-9H,10-12H2,(H,19,21). The van der Waals surface area contributed by atoms with E-state index in [2.05, 4.69) is 4.98 Å². The predicted octanol–water partition coefficient (Wildman–Crippen LogP) is 2.28. The van der Waals surface area contributed by atoms with E-state index in [4.69, 9.17) is 0 Å². The van der Waals surface area contributed by atoms with Crippen LogP contribution in [-0.4, -0.2) is 24.3 Å². The van der Waals surface area contributed by atoms with Gasteiger partial charge < -0.3 is 4.98 Å². The van der Waals surface area contributed by atoms with Crippen LogP contribution in [0.2, 0.25) is 0 Å². The summed E-state index contributed by atoms with van der Waals surface area (Å²) in [5.41, 5.74) is 2.07. The van der Waals surface area contributed by atoms with E-state index in [1.807, 2.05) is 18.2 Å². The second kappa shape index (κ2) is 5.58.